The standard InChI is InChI=1S/C23H18ClFN4O2/c24-14-5-6-17(25)16(11-14)21-12-20(15-3-1-2-4-18(15)28-21)29-19-7-9-26-13-22(19)27-10-8-23(30)31/h1-7,9,11-13,27H,8,10H2,(H,30,31)(H,26,28,29). The molecule has 6 nitrogen and oxygen atoms in total. The maximum Gasteiger partial charge on any atom is 0.305 e. The van der Waals surface area contributed by atoms with E-state index in [4.69, 9.17) is 16.7 Å². The number of hydrogen-bond donors (Lipinski definition) is 3. The van der Waals surface area contributed by atoms with Gasteiger partial charge in [-0.15, -0.1) is 0 Å². The molecule has 0 aliphatic carbocycles. The minimum atomic E-state index is -0.890. The number of hydrogen-bond acceptors (Lipinski definition) is 5. The summed E-state index contributed by atoms with van der Waals surface area (Å²) >= 11 is 6.08. The predicted octanol–water partition coefficient (Wildman–Crippen LogP) is 5.72. The number of fused-ring (bicyclic) bond motifs is 1. The van der Waals surface area contributed by atoms with Crippen LogP contribution in [0.15, 0.2) is 67.0 Å². The Balaban J connectivity index is 1.76. The number of rotatable bonds is 7. The van der Waals surface area contributed by atoms with E-state index in [-0.39, 0.29) is 13.0 Å². The molecule has 2 aromatic heterocycles. The maximum atomic E-state index is 14.5. The molecule has 0 atom stereocenters. The first-order valence-electron chi connectivity index (χ1n) is 9.53. The van der Waals surface area contributed by atoms with Crippen LogP contribution >= 0.6 is 11.6 Å². The van der Waals surface area contributed by atoms with Crippen LogP contribution in [0.1, 0.15) is 6.42 Å². The molecule has 0 aliphatic rings. The molecule has 8 heteroatoms. The SMILES string of the molecule is O=C(O)CCNc1cnccc1Nc1cc(-c2cc(Cl)ccc2F)nc2ccccc12. The van der Waals surface area contributed by atoms with Gasteiger partial charge in [0, 0.05) is 28.7 Å². The first-order chi connectivity index (χ1) is 15.0. The lowest BCUT2D eigenvalue weighted by Crippen LogP contribution is -2.09. The summed E-state index contributed by atoms with van der Waals surface area (Å²) in [6.07, 6.45) is 3.22. The Hall–Kier alpha value is -3.71. The summed E-state index contributed by atoms with van der Waals surface area (Å²) in [5.74, 6) is -1.31. The van der Waals surface area contributed by atoms with Crippen molar-refractivity contribution < 1.29 is 14.3 Å². The van der Waals surface area contributed by atoms with E-state index in [0.717, 1.165) is 5.39 Å². The fourth-order valence-corrected chi connectivity index (χ4v) is 3.38. The van der Waals surface area contributed by atoms with Crippen molar-refractivity contribution >= 4 is 45.5 Å². The molecule has 0 unspecified atom stereocenters. The van der Waals surface area contributed by atoms with Crippen LogP contribution in [-0.4, -0.2) is 27.6 Å². The molecule has 2 aromatic carbocycles. The molecule has 0 fully saturated rings. The topological polar surface area (TPSA) is 87.1 Å². The van der Waals surface area contributed by atoms with Gasteiger partial charge in [-0.1, -0.05) is 29.8 Å². The van der Waals surface area contributed by atoms with Crippen molar-refractivity contribution in [2.24, 2.45) is 0 Å². The lowest BCUT2D eigenvalue weighted by Gasteiger charge is -2.16. The van der Waals surface area contributed by atoms with E-state index < -0.39 is 11.8 Å². The van der Waals surface area contributed by atoms with E-state index in [1.807, 2.05) is 24.3 Å². The Kier molecular flexibility index (Phi) is 5.95. The molecular formula is C23H18ClFN4O2. The largest absolute Gasteiger partial charge is 0.481 e. The normalized spacial score (nSPS) is 10.8. The molecule has 0 spiro atoms. The molecule has 0 amide bonds. The number of carbonyl (C=O) groups is 1. The van der Waals surface area contributed by atoms with Crippen LogP contribution < -0.4 is 10.6 Å². The summed E-state index contributed by atoms with van der Waals surface area (Å²) in [5, 5.41) is 16.6. The molecular weight excluding hydrogens is 419 g/mol. The summed E-state index contributed by atoms with van der Waals surface area (Å²) in [7, 11) is 0. The average Bonchev–Trinajstić information content (AvgIpc) is 2.76. The average molecular weight is 437 g/mol. The van der Waals surface area contributed by atoms with Gasteiger partial charge in [-0.05, 0) is 36.4 Å². The van der Waals surface area contributed by atoms with Crippen LogP contribution in [0, 0.1) is 5.82 Å². The van der Waals surface area contributed by atoms with Gasteiger partial charge in [0.15, 0.2) is 0 Å². The summed E-state index contributed by atoms with van der Waals surface area (Å²) in [4.78, 5) is 19.5. The van der Waals surface area contributed by atoms with Crippen LogP contribution in [0.25, 0.3) is 22.2 Å². The van der Waals surface area contributed by atoms with E-state index in [0.29, 0.717) is 38.9 Å². The van der Waals surface area contributed by atoms with Crippen LogP contribution in [0.3, 0.4) is 0 Å². The Morgan fingerprint density at radius 3 is 2.74 bits per heavy atom. The Morgan fingerprint density at radius 2 is 1.90 bits per heavy atom. The zero-order chi connectivity index (χ0) is 21.8. The third-order valence-corrected chi connectivity index (χ3v) is 4.90. The van der Waals surface area contributed by atoms with Gasteiger partial charge in [0.1, 0.15) is 5.82 Å². The number of carboxylic acid groups (broad SMARTS) is 1. The van der Waals surface area contributed by atoms with Crippen LogP contribution in [0.4, 0.5) is 21.5 Å². The van der Waals surface area contributed by atoms with E-state index in [9.17, 15) is 9.18 Å². The number of benzene rings is 2. The third kappa shape index (κ3) is 4.73. The summed E-state index contributed by atoms with van der Waals surface area (Å²) in [6, 6.07) is 15.4. The van der Waals surface area contributed by atoms with E-state index >= 15 is 0 Å². The number of nitrogens with one attached hydrogen (secondary N) is 2. The van der Waals surface area contributed by atoms with Gasteiger partial charge in [0.25, 0.3) is 0 Å². The molecule has 0 bridgehead atoms. The van der Waals surface area contributed by atoms with Gasteiger partial charge in [-0.3, -0.25) is 9.78 Å². The molecule has 4 aromatic rings. The molecule has 156 valence electrons. The van der Waals surface area contributed by atoms with Gasteiger partial charge < -0.3 is 15.7 Å². The highest BCUT2D eigenvalue weighted by atomic mass is 35.5. The fraction of sp³-hybridized carbons (Fsp3) is 0.0870. The fourth-order valence-electron chi connectivity index (χ4n) is 3.20. The van der Waals surface area contributed by atoms with Crippen molar-refractivity contribution in [2.75, 3.05) is 17.2 Å². The first-order valence-corrected chi connectivity index (χ1v) is 9.91. The van der Waals surface area contributed by atoms with Gasteiger partial charge in [-0.2, -0.15) is 0 Å². The predicted molar refractivity (Wildman–Crippen MR) is 120 cm³/mol. The van der Waals surface area contributed by atoms with Crippen LogP contribution in [0.2, 0.25) is 5.02 Å². The third-order valence-electron chi connectivity index (χ3n) is 4.67. The number of aromatic nitrogens is 2. The minimum Gasteiger partial charge on any atom is -0.481 e. The van der Waals surface area contributed by atoms with Gasteiger partial charge in [0.05, 0.1) is 40.9 Å². The first kappa shape index (κ1) is 20.6. The molecule has 3 N–H and O–H groups in total. The Bertz CT molecular complexity index is 1270. The molecule has 31 heavy (non-hydrogen) atoms. The Labute approximate surface area is 182 Å². The smallest absolute Gasteiger partial charge is 0.305 e. The molecule has 2 heterocycles. The van der Waals surface area contributed by atoms with Crippen molar-refractivity contribution in [2.45, 2.75) is 6.42 Å². The van der Waals surface area contributed by atoms with Crippen molar-refractivity contribution in [3.05, 3.63) is 77.8 Å². The molecule has 0 radical (unpaired) electrons. The number of aliphatic carboxylic acids is 1. The number of para-hydroxylation sites is 1. The van der Waals surface area contributed by atoms with Gasteiger partial charge >= 0.3 is 5.97 Å². The monoisotopic (exact) mass is 436 g/mol. The van der Waals surface area contributed by atoms with Crippen LogP contribution in [-0.2, 0) is 4.79 Å². The van der Waals surface area contributed by atoms with Gasteiger partial charge in [0.2, 0.25) is 0 Å². The number of carboxylic acids is 1. The second-order valence-electron chi connectivity index (χ2n) is 6.81. The number of pyridine rings is 2. The minimum absolute atomic E-state index is 0.0231. The molecule has 0 saturated carbocycles. The summed E-state index contributed by atoms with van der Waals surface area (Å²) < 4.78 is 14.5. The van der Waals surface area contributed by atoms with Crippen molar-refractivity contribution in [1.29, 1.82) is 0 Å². The summed E-state index contributed by atoms with van der Waals surface area (Å²) in [5.41, 5.74) is 3.50. The lowest BCUT2D eigenvalue weighted by molar-refractivity contribution is -0.136. The Morgan fingerprint density at radius 1 is 1.06 bits per heavy atom. The zero-order valence-corrected chi connectivity index (χ0v) is 17.0. The number of anilines is 3. The van der Waals surface area contributed by atoms with Crippen molar-refractivity contribution in [3.63, 3.8) is 0 Å². The van der Waals surface area contributed by atoms with Crippen molar-refractivity contribution in [1.82, 2.24) is 9.97 Å². The van der Waals surface area contributed by atoms with E-state index in [1.54, 1.807) is 30.6 Å². The summed E-state index contributed by atoms with van der Waals surface area (Å²) in [6.45, 7) is 0.256. The second-order valence-corrected chi connectivity index (χ2v) is 7.25. The highest BCUT2D eigenvalue weighted by Gasteiger charge is 2.13. The highest BCUT2D eigenvalue weighted by Crippen LogP contribution is 2.34. The highest BCUT2D eigenvalue weighted by molar-refractivity contribution is 6.30. The lowest BCUT2D eigenvalue weighted by atomic mass is 10.1. The number of nitrogens with zero attached hydrogens (tertiary/aromatic N) is 2. The van der Waals surface area contributed by atoms with Crippen molar-refractivity contribution in [3.8, 4) is 11.3 Å². The number of halogens is 2. The quantitative estimate of drug-likeness (QED) is 0.343. The van der Waals surface area contributed by atoms with Crippen LogP contribution in [0.5, 0.6) is 0 Å². The van der Waals surface area contributed by atoms with E-state index in [2.05, 4.69) is 20.6 Å². The molecule has 0 aliphatic heterocycles. The molecule has 0 saturated heterocycles. The maximum absolute atomic E-state index is 14.5. The van der Waals surface area contributed by atoms with E-state index in [1.165, 1.54) is 12.1 Å². The second kappa shape index (κ2) is 8.97. The molecule has 4 rings (SSSR count). The zero-order valence-electron chi connectivity index (χ0n) is 16.3. The van der Waals surface area contributed by atoms with Gasteiger partial charge in [-0.25, -0.2) is 9.37 Å².